The summed E-state index contributed by atoms with van der Waals surface area (Å²) in [6, 6.07) is 3.65. The number of ether oxygens (including phenoxy) is 2. The number of pyridine rings is 1. The van der Waals surface area contributed by atoms with E-state index in [1.165, 1.54) is 30.9 Å². The number of rotatable bonds is 9. The standard InChI is InChI=1S/C27H29ClF3N9O2/c1-33-22-13-34-19(11-35-22)20(10-32)42-21-12-36-25-24(23(21)28)40(3)26(38-25)37-16-7-15(27(29,30)31)8-18(9-16)41-14-17-5-4-6-39(17)2/h7-13,17H,4-6,14,32H2,1-3H3,(H,33,35)(H,36,37,38)/b20-10+. The maximum absolute atomic E-state index is 13.7. The number of nitrogens with two attached hydrogens (primary N) is 1. The summed E-state index contributed by atoms with van der Waals surface area (Å²) in [6.45, 7) is 1.22. The number of imidazole rings is 1. The van der Waals surface area contributed by atoms with E-state index in [0.717, 1.165) is 31.5 Å². The molecule has 0 bridgehead atoms. The molecular weight excluding hydrogens is 575 g/mol. The molecule has 1 atom stereocenters. The number of likely N-dealkylation sites (N-methyl/N-ethyl adjacent to an activating group) is 1. The van der Waals surface area contributed by atoms with Gasteiger partial charge in [-0.25, -0.2) is 15.0 Å². The molecule has 42 heavy (non-hydrogen) atoms. The van der Waals surface area contributed by atoms with Gasteiger partial charge < -0.3 is 35.3 Å². The van der Waals surface area contributed by atoms with Crippen LogP contribution >= 0.6 is 11.6 Å². The molecule has 0 amide bonds. The zero-order valence-electron chi connectivity index (χ0n) is 23.0. The molecule has 0 radical (unpaired) electrons. The SMILES string of the molecule is CNc1cnc(/C(=C\N)Oc2cnc3nc(Nc4cc(OCC5CCCN5C)cc(C(F)(F)F)c4)n(C)c3c2Cl)cn1. The van der Waals surface area contributed by atoms with Gasteiger partial charge in [0.25, 0.3) is 0 Å². The fourth-order valence-electron chi connectivity index (χ4n) is 4.60. The second-order valence-electron chi connectivity index (χ2n) is 9.73. The number of benzene rings is 1. The molecule has 1 saturated heterocycles. The van der Waals surface area contributed by atoms with Gasteiger partial charge in [-0.05, 0) is 38.6 Å². The average Bonchev–Trinajstić information content (AvgIpc) is 3.53. The van der Waals surface area contributed by atoms with Crippen LogP contribution in [0.15, 0.2) is 43.0 Å². The lowest BCUT2D eigenvalue weighted by molar-refractivity contribution is -0.137. The molecular formula is C27H29ClF3N9O2. The first kappa shape index (κ1) is 29.2. The van der Waals surface area contributed by atoms with Crippen molar-refractivity contribution in [2.45, 2.75) is 25.1 Å². The van der Waals surface area contributed by atoms with Crippen molar-refractivity contribution in [2.24, 2.45) is 12.8 Å². The Morgan fingerprint density at radius 2 is 1.98 bits per heavy atom. The summed E-state index contributed by atoms with van der Waals surface area (Å²) in [7, 11) is 5.34. The Morgan fingerprint density at radius 3 is 2.62 bits per heavy atom. The van der Waals surface area contributed by atoms with Gasteiger partial charge in [0, 0.05) is 38.1 Å². The highest BCUT2D eigenvalue weighted by Crippen LogP contribution is 2.37. The average molecular weight is 604 g/mol. The maximum Gasteiger partial charge on any atom is 0.416 e. The second kappa shape index (κ2) is 11.9. The lowest BCUT2D eigenvalue weighted by Crippen LogP contribution is -2.30. The Kier molecular flexibility index (Phi) is 8.27. The van der Waals surface area contributed by atoms with Crippen LogP contribution in [0.4, 0.5) is 30.6 Å². The molecule has 0 aliphatic carbocycles. The molecule has 1 fully saturated rings. The summed E-state index contributed by atoms with van der Waals surface area (Å²) >= 11 is 6.68. The molecule has 4 N–H and O–H groups in total. The summed E-state index contributed by atoms with van der Waals surface area (Å²) in [5.41, 5.74) is 6.07. The van der Waals surface area contributed by atoms with Crippen LogP contribution in [0.3, 0.4) is 0 Å². The van der Waals surface area contributed by atoms with Gasteiger partial charge >= 0.3 is 6.18 Å². The number of nitrogens with zero attached hydrogens (tertiary/aromatic N) is 6. The van der Waals surface area contributed by atoms with Gasteiger partial charge in [-0.3, -0.25) is 0 Å². The number of alkyl halides is 3. The van der Waals surface area contributed by atoms with Crippen LogP contribution in [0.25, 0.3) is 16.9 Å². The Bertz CT molecular complexity index is 1610. The van der Waals surface area contributed by atoms with Gasteiger partial charge in [0.2, 0.25) is 5.95 Å². The summed E-state index contributed by atoms with van der Waals surface area (Å²) < 4.78 is 54.5. The number of hydrogen-bond donors (Lipinski definition) is 3. The third-order valence-corrected chi connectivity index (χ3v) is 7.31. The van der Waals surface area contributed by atoms with Crippen molar-refractivity contribution in [2.75, 3.05) is 37.9 Å². The minimum atomic E-state index is -4.57. The van der Waals surface area contributed by atoms with E-state index in [1.54, 1.807) is 18.7 Å². The van der Waals surface area contributed by atoms with Crippen molar-refractivity contribution < 1.29 is 22.6 Å². The van der Waals surface area contributed by atoms with Crippen LogP contribution in [-0.2, 0) is 13.2 Å². The smallest absolute Gasteiger partial charge is 0.416 e. The van der Waals surface area contributed by atoms with Crippen molar-refractivity contribution in [3.63, 3.8) is 0 Å². The van der Waals surface area contributed by atoms with Crippen LogP contribution < -0.4 is 25.8 Å². The van der Waals surface area contributed by atoms with Gasteiger partial charge in [-0.15, -0.1) is 0 Å². The number of halogens is 4. The summed E-state index contributed by atoms with van der Waals surface area (Å²) in [6.07, 6.45) is 2.97. The minimum absolute atomic E-state index is 0.102. The fourth-order valence-corrected chi connectivity index (χ4v) is 4.90. The first-order valence-electron chi connectivity index (χ1n) is 13.0. The van der Waals surface area contributed by atoms with Crippen molar-refractivity contribution in [3.05, 3.63) is 59.3 Å². The number of hydrogen-bond acceptors (Lipinski definition) is 10. The van der Waals surface area contributed by atoms with Crippen molar-refractivity contribution in [3.8, 4) is 11.5 Å². The summed E-state index contributed by atoms with van der Waals surface area (Å²) in [4.78, 5) is 19.4. The van der Waals surface area contributed by atoms with Gasteiger partial charge in [-0.1, -0.05) is 11.6 Å². The first-order valence-corrected chi connectivity index (χ1v) is 13.4. The quantitative estimate of drug-likeness (QED) is 0.224. The number of fused-ring (bicyclic) bond motifs is 1. The van der Waals surface area contributed by atoms with Crippen LogP contribution in [0.2, 0.25) is 5.02 Å². The highest BCUT2D eigenvalue weighted by atomic mass is 35.5. The third-order valence-electron chi connectivity index (χ3n) is 6.94. The fraction of sp³-hybridized carbons (Fsp3) is 0.333. The monoisotopic (exact) mass is 603 g/mol. The molecule has 1 aliphatic heterocycles. The van der Waals surface area contributed by atoms with Crippen molar-refractivity contribution in [1.82, 2.24) is 29.4 Å². The molecule has 1 aromatic carbocycles. The van der Waals surface area contributed by atoms with Crippen LogP contribution in [0, 0.1) is 0 Å². The maximum atomic E-state index is 13.7. The minimum Gasteiger partial charge on any atom is -0.492 e. The number of aromatic nitrogens is 5. The predicted octanol–water partition coefficient (Wildman–Crippen LogP) is 5.02. The highest BCUT2D eigenvalue weighted by Gasteiger charge is 2.32. The third kappa shape index (κ3) is 6.14. The van der Waals surface area contributed by atoms with Gasteiger partial charge in [0.15, 0.2) is 17.2 Å². The lowest BCUT2D eigenvalue weighted by atomic mass is 10.1. The topological polar surface area (TPSA) is 128 Å². The lowest BCUT2D eigenvalue weighted by Gasteiger charge is -2.20. The van der Waals surface area contributed by atoms with Gasteiger partial charge in [-0.2, -0.15) is 18.2 Å². The molecule has 0 saturated carbocycles. The second-order valence-corrected chi connectivity index (χ2v) is 10.1. The molecule has 222 valence electrons. The molecule has 11 nitrogen and oxygen atoms in total. The van der Waals surface area contributed by atoms with E-state index in [-0.39, 0.29) is 52.2 Å². The van der Waals surface area contributed by atoms with E-state index in [2.05, 4.69) is 35.5 Å². The summed E-state index contributed by atoms with van der Waals surface area (Å²) in [5, 5.41) is 5.99. The molecule has 5 rings (SSSR count). The van der Waals surface area contributed by atoms with Gasteiger partial charge in [0.05, 0.1) is 24.2 Å². The first-order chi connectivity index (χ1) is 20.1. The number of likely N-dealkylation sites (tertiary alicyclic amines) is 1. The Balaban J connectivity index is 1.41. The van der Waals surface area contributed by atoms with E-state index >= 15 is 0 Å². The molecule has 4 heterocycles. The van der Waals surface area contributed by atoms with Crippen molar-refractivity contribution >= 4 is 46.0 Å². The van der Waals surface area contributed by atoms with E-state index in [0.29, 0.717) is 17.0 Å². The number of anilines is 3. The molecule has 15 heteroatoms. The van der Waals surface area contributed by atoms with E-state index in [9.17, 15) is 13.2 Å². The summed E-state index contributed by atoms with van der Waals surface area (Å²) in [5.74, 6) is 1.23. The number of nitrogens with one attached hydrogen (secondary N) is 2. The normalized spacial score (nSPS) is 16.2. The van der Waals surface area contributed by atoms with E-state index in [1.807, 2.05) is 7.05 Å². The highest BCUT2D eigenvalue weighted by molar-refractivity contribution is 6.36. The molecule has 3 aromatic heterocycles. The van der Waals surface area contributed by atoms with Gasteiger partial charge in [0.1, 0.15) is 34.4 Å². The zero-order chi connectivity index (χ0) is 30.0. The Morgan fingerprint density at radius 1 is 1.17 bits per heavy atom. The molecule has 1 unspecified atom stereocenters. The van der Waals surface area contributed by atoms with E-state index < -0.39 is 11.7 Å². The predicted molar refractivity (Wildman–Crippen MR) is 154 cm³/mol. The molecule has 4 aromatic rings. The zero-order valence-corrected chi connectivity index (χ0v) is 23.8. The Hall–Kier alpha value is -4.30. The Labute approximate surface area is 244 Å². The van der Waals surface area contributed by atoms with Crippen molar-refractivity contribution in [1.29, 1.82) is 0 Å². The largest absolute Gasteiger partial charge is 0.492 e. The van der Waals surface area contributed by atoms with Crippen LogP contribution in [0.1, 0.15) is 24.1 Å². The van der Waals surface area contributed by atoms with E-state index in [4.69, 9.17) is 26.8 Å². The molecule has 1 aliphatic rings. The van der Waals surface area contributed by atoms with Crippen LogP contribution in [-0.4, -0.2) is 62.7 Å². The van der Waals surface area contributed by atoms with Crippen LogP contribution in [0.5, 0.6) is 11.5 Å². The number of aryl methyl sites for hydroxylation is 1. The molecule has 0 spiro atoms.